The summed E-state index contributed by atoms with van der Waals surface area (Å²) < 4.78 is 0. The lowest BCUT2D eigenvalue weighted by molar-refractivity contribution is 0.120. The van der Waals surface area contributed by atoms with Gasteiger partial charge in [0.2, 0.25) is 0 Å². The van der Waals surface area contributed by atoms with Crippen molar-refractivity contribution in [3.05, 3.63) is 35.4 Å². The second-order valence-corrected chi connectivity index (χ2v) is 3.99. The predicted octanol–water partition coefficient (Wildman–Crippen LogP) is 1.52. The van der Waals surface area contributed by atoms with E-state index in [1.165, 1.54) is 5.56 Å². The molecule has 13 heavy (non-hydrogen) atoms. The first-order valence-corrected chi connectivity index (χ1v) is 4.66. The molecule has 0 aromatic heterocycles. The molecule has 0 amide bonds. The molecule has 1 saturated carbocycles. The van der Waals surface area contributed by atoms with E-state index in [1.54, 1.807) is 0 Å². The summed E-state index contributed by atoms with van der Waals surface area (Å²) in [6.07, 6.45) is 1.67. The van der Waals surface area contributed by atoms with Gasteiger partial charge in [0.25, 0.3) is 0 Å². The minimum absolute atomic E-state index is 0.215. The molecule has 0 heterocycles. The third-order valence-corrected chi connectivity index (χ3v) is 2.78. The van der Waals surface area contributed by atoms with Crippen molar-refractivity contribution in [2.75, 3.05) is 0 Å². The molecule has 0 spiro atoms. The lowest BCUT2D eigenvalue weighted by Gasteiger charge is -2.17. The van der Waals surface area contributed by atoms with E-state index in [9.17, 15) is 5.11 Å². The summed E-state index contributed by atoms with van der Waals surface area (Å²) in [5, 5.41) is 9.80. The minimum Gasteiger partial charge on any atom is -0.388 e. The lowest BCUT2D eigenvalue weighted by Crippen LogP contribution is -2.27. The van der Waals surface area contributed by atoms with Crippen LogP contribution in [0.3, 0.4) is 0 Å². The van der Waals surface area contributed by atoms with Gasteiger partial charge in [-0.3, -0.25) is 0 Å². The van der Waals surface area contributed by atoms with Crippen molar-refractivity contribution in [1.29, 1.82) is 0 Å². The van der Waals surface area contributed by atoms with E-state index in [2.05, 4.69) is 0 Å². The number of rotatable bonds is 2. The Morgan fingerprint density at radius 1 is 1.31 bits per heavy atom. The zero-order valence-corrected chi connectivity index (χ0v) is 7.83. The second-order valence-electron chi connectivity index (χ2n) is 3.99. The predicted molar refractivity (Wildman–Crippen MR) is 52.3 cm³/mol. The zero-order chi connectivity index (χ0) is 9.47. The largest absolute Gasteiger partial charge is 0.388 e. The molecule has 1 aromatic carbocycles. The topological polar surface area (TPSA) is 46.2 Å². The van der Waals surface area contributed by atoms with E-state index in [0.717, 1.165) is 18.4 Å². The maximum atomic E-state index is 9.80. The average Bonchev–Trinajstić information content (AvgIpc) is 2.85. The van der Waals surface area contributed by atoms with Crippen molar-refractivity contribution < 1.29 is 5.11 Å². The quantitative estimate of drug-likeness (QED) is 0.719. The molecule has 0 radical (unpaired) electrons. The number of benzene rings is 1. The first-order chi connectivity index (χ1) is 6.12. The Hall–Kier alpha value is -0.860. The Morgan fingerprint density at radius 3 is 2.31 bits per heavy atom. The molecule has 70 valence electrons. The van der Waals surface area contributed by atoms with Crippen molar-refractivity contribution in [2.24, 2.45) is 5.73 Å². The summed E-state index contributed by atoms with van der Waals surface area (Å²) >= 11 is 0. The maximum Gasteiger partial charge on any atom is 0.0841 e. The summed E-state index contributed by atoms with van der Waals surface area (Å²) in [7, 11) is 0. The molecular formula is C11H15NO. The van der Waals surface area contributed by atoms with Crippen LogP contribution in [0.1, 0.15) is 30.0 Å². The molecule has 1 aromatic rings. The summed E-state index contributed by atoms with van der Waals surface area (Å²) in [6.45, 7) is 2.04. The number of nitrogens with two attached hydrogens (primary N) is 1. The molecule has 2 rings (SSSR count). The molecular weight excluding hydrogens is 162 g/mol. The average molecular weight is 177 g/mol. The Labute approximate surface area is 78.4 Å². The van der Waals surface area contributed by atoms with Gasteiger partial charge in [0.15, 0.2) is 0 Å². The van der Waals surface area contributed by atoms with E-state index >= 15 is 0 Å². The van der Waals surface area contributed by atoms with Crippen LogP contribution in [0, 0.1) is 6.92 Å². The van der Waals surface area contributed by atoms with Gasteiger partial charge < -0.3 is 10.8 Å². The van der Waals surface area contributed by atoms with Crippen molar-refractivity contribution in [1.82, 2.24) is 0 Å². The molecule has 1 fully saturated rings. The molecule has 0 aliphatic heterocycles. The van der Waals surface area contributed by atoms with Gasteiger partial charge in [-0.05, 0) is 25.3 Å². The van der Waals surface area contributed by atoms with Crippen molar-refractivity contribution in [2.45, 2.75) is 31.4 Å². The van der Waals surface area contributed by atoms with Gasteiger partial charge in [-0.2, -0.15) is 0 Å². The van der Waals surface area contributed by atoms with Crippen LogP contribution in [0.4, 0.5) is 0 Å². The summed E-state index contributed by atoms with van der Waals surface area (Å²) in [6, 6.07) is 7.84. The molecule has 1 aliphatic rings. The second kappa shape index (κ2) is 2.82. The Morgan fingerprint density at radius 2 is 1.85 bits per heavy atom. The summed E-state index contributed by atoms with van der Waals surface area (Å²) in [5.41, 5.74) is 7.57. The highest BCUT2D eigenvalue weighted by Crippen LogP contribution is 2.44. The monoisotopic (exact) mass is 177 g/mol. The Balaban J connectivity index is 2.20. The van der Waals surface area contributed by atoms with E-state index in [-0.39, 0.29) is 6.04 Å². The van der Waals surface area contributed by atoms with Crippen LogP contribution in [0.15, 0.2) is 24.3 Å². The van der Waals surface area contributed by atoms with Gasteiger partial charge >= 0.3 is 0 Å². The summed E-state index contributed by atoms with van der Waals surface area (Å²) in [5.74, 6) is 0. The van der Waals surface area contributed by atoms with Gasteiger partial charge in [0.1, 0.15) is 0 Å². The Kier molecular flexibility index (Phi) is 1.90. The van der Waals surface area contributed by atoms with E-state index < -0.39 is 5.60 Å². The standard InChI is InChI=1S/C11H15NO/c1-8-2-4-9(5-3-8)10(12)11(13)6-7-11/h2-5,10,13H,6-7,12H2,1H3. The van der Waals surface area contributed by atoms with Crippen LogP contribution < -0.4 is 5.73 Å². The van der Waals surface area contributed by atoms with E-state index in [0.29, 0.717) is 0 Å². The fourth-order valence-corrected chi connectivity index (χ4v) is 1.52. The highest BCUT2D eigenvalue weighted by molar-refractivity contribution is 5.27. The molecule has 3 N–H and O–H groups in total. The number of aryl methyl sites for hydroxylation is 1. The zero-order valence-electron chi connectivity index (χ0n) is 7.83. The third-order valence-electron chi connectivity index (χ3n) is 2.78. The van der Waals surface area contributed by atoms with Gasteiger partial charge in [0.05, 0.1) is 11.6 Å². The molecule has 1 unspecified atom stereocenters. The van der Waals surface area contributed by atoms with Crippen LogP contribution in [0.25, 0.3) is 0 Å². The number of hydrogen-bond donors (Lipinski definition) is 2. The first-order valence-electron chi connectivity index (χ1n) is 4.66. The molecule has 1 aliphatic carbocycles. The minimum atomic E-state index is -0.616. The SMILES string of the molecule is Cc1ccc(C(N)C2(O)CC2)cc1. The van der Waals surface area contributed by atoms with Crippen LogP contribution in [-0.4, -0.2) is 10.7 Å². The van der Waals surface area contributed by atoms with Crippen LogP contribution in [0.5, 0.6) is 0 Å². The lowest BCUT2D eigenvalue weighted by atomic mass is 10.00. The van der Waals surface area contributed by atoms with E-state index in [4.69, 9.17) is 5.73 Å². The van der Waals surface area contributed by atoms with Crippen LogP contribution >= 0.6 is 0 Å². The number of hydrogen-bond acceptors (Lipinski definition) is 2. The smallest absolute Gasteiger partial charge is 0.0841 e. The van der Waals surface area contributed by atoms with Gasteiger partial charge in [0, 0.05) is 0 Å². The normalized spacial score (nSPS) is 21.2. The van der Waals surface area contributed by atoms with Gasteiger partial charge in [-0.1, -0.05) is 29.8 Å². The number of aliphatic hydroxyl groups is 1. The van der Waals surface area contributed by atoms with Crippen LogP contribution in [0.2, 0.25) is 0 Å². The van der Waals surface area contributed by atoms with Gasteiger partial charge in [-0.15, -0.1) is 0 Å². The first kappa shape index (κ1) is 8.73. The van der Waals surface area contributed by atoms with Crippen molar-refractivity contribution in [3.8, 4) is 0 Å². The molecule has 2 nitrogen and oxygen atoms in total. The third kappa shape index (κ3) is 1.60. The molecule has 2 heteroatoms. The highest BCUT2D eigenvalue weighted by atomic mass is 16.3. The highest BCUT2D eigenvalue weighted by Gasteiger charge is 2.46. The fourth-order valence-electron chi connectivity index (χ4n) is 1.52. The van der Waals surface area contributed by atoms with E-state index in [1.807, 2.05) is 31.2 Å². The molecule has 0 saturated heterocycles. The van der Waals surface area contributed by atoms with Gasteiger partial charge in [-0.25, -0.2) is 0 Å². The maximum absolute atomic E-state index is 9.80. The van der Waals surface area contributed by atoms with Crippen molar-refractivity contribution in [3.63, 3.8) is 0 Å². The fraction of sp³-hybridized carbons (Fsp3) is 0.455. The molecule has 0 bridgehead atoms. The summed E-state index contributed by atoms with van der Waals surface area (Å²) in [4.78, 5) is 0. The molecule has 1 atom stereocenters. The van der Waals surface area contributed by atoms with Crippen LogP contribution in [-0.2, 0) is 0 Å². The Bertz CT molecular complexity index is 300. The van der Waals surface area contributed by atoms with Crippen molar-refractivity contribution >= 4 is 0 Å².